The van der Waals surface area contributed by atoms with Crippen molar-refractivity contribution < 1.29 is 5.21 Å². The molecule has 0 saturated heterocycles. The molecule has 0 radical (unpaired) electrons. The molecule has 2 aromatic carbocycles. The van der Waals surface area contributed by atoms with Crippen LogP contribution in [-0.2, 0) is 6.42 Å². The fourth-order valence-electron chi connectivity index (χ4n) is 1.76. The number of oxime groups is 1. The molecule has 0 aromatic heterocycles. The van der Waals surface area contributed by atoms with Crippen LogP contribution in [0, 0.1) is 0 Å². The number of thioether (sulfide) groups is 1. The van der Waals surface area contributed by atoms with Crippen LogP contribution in [0.3, 0.4) is 0 Å². The average Bonchev–Trinajstić information content (AvgIpc) is 2.46. The third-order valence-corrected chi connectivity index (χ3v) is 3.50. The second-order valence-electron chi connectivity index (χ2n) is 3.94. The maximum absolute atomic E-state index is 9.13. The number of rotatable bonds is 4. The summed E-state index contributed by atoms with van der Waals surface area (Å²) < 4.78 is 0. The van der Waals surface area contributed by atoms with Gasteiger partial charge in [-0.1, -0.05) is 47.6 Å². The molecule has 0 saturated carbocycles. The van der Waals surface area contributed by atoms with E-state index in [-0.39, 0.29) is 0 Å². The summed E-state index contributed by atoms with van der Waals surface area (Å²) in [6.07, 6.45) is 2.69. The molecule has 2 rings (SSSR count). The first-order valence-corrected chi connectivity index (χ1v) is 6.95. The number of hydrogen-bond acceptors (Lipinski definition) is 3. The first-order chi connectivity index (χ1) is 8.83. The molecule has 1 N–H and O–H groups in total. The minimum absolute atomic E-state index is 0.634. The van der Waals surface area contributed by atoms with Gasteiger partial charge in [0.05, 0.1) is 5.71 Å². The van der Waals surface area contributed by atoms with Crippen molar-refractivity contribution in [3.8, 4) is 0 Å². The van der Waals surface area contributed by atoms with Crippen LogP contribution >= 0.6 is 11.8 Å². The molecule has 2 nitrogen and oxygen atoms in total. The summed E-state index contributed by atoms with van der Waals surface area (Å²) in [5.41, 5.74) is 2.78. The van der Waals surface area contributed by atoms with Gasteiger partial charge in [0.15, 0.2) is 0 Å². The van der Waals surface area contributed by atoms with E-state index in [4.69, 9.17) is 5.21 Å². The molecule has 0 aliphatic heterocycles. The standard InChI is InChI=1S/C15H15NOS/c1-18-14-9-7-12(8-10-14)11-15(16-17)13-5-3-2-4-6-13/h2-10,17H,11H2,1H3. The van der Waals surface area contributed by atoms with Crippen LogP contribution in [0.1, 0.15) is 11.1 Å². The zero-order valence-corrected chi connectivity index (χ0v) is 11.0. The largest absolute Gasteiger partial charge is 0.411 e. The van der Waals surface area contributed by atoms with Crippen LogP contribution < -0.4 is 0 Å². The number of nitrogens with zero attached hydrogens (tertiary/aromatic N) is 1. The Morgan fingerprint density at radius 2 is 1.72 bits per heavy atom. The normalized spacial score (nSPS) is 11.5. The molecule has 0 amide bonds. The van der Waals surface area contributed by atoms with Gasteiger partial charge in [-0.05, 0) is 29.5 Å². The molecule has 0 bridgehead atoms. The van der Waals surface area contributed by atoms with E-state index in [1.54, 1.807) is 11.8 Å². The lowest BCUT2D eigenvalue weighted by Gasteiger charge is -2.05. The topological polar surface area (TPSA) is 32.6 Å². The molecular formula is C15H15NOS. The third-order valence-electron chi connectivity index (χ3n) is 2.76. The van der Waals surface area contributed by atoms with Gasteiger partial charge >= 0.3 is 0 Å². The van der Waals surface area contributed by atoms with Crippen molar-refractivity contribution in [2.45, 2.75) is 11.3 Å². The van der Waals surface area contributed by atoms with Gasteiger partial charge < -0.3 is 5.21 Å². The summed E-state index contributed by atoms with van der Waals surface area (Å²) in [7, 11) is 0. The van der Waals surface area contributed by atoms with Crippen LogP contribution in [0.25, 0.3) is 0 Å². The summed E-state index contributed by atoms with van der Waals surface area (Å²) >= 11 is 1.72. The van der Waals surface area contributed by atoms with Gasteiger partial charge in [0.25, 0.3) is 0 Å². The molecule has 0 aliphatic carbocycles. The van der Waals surface area contributed by atoms with Crippen molar-refractivity contribution in [1.82, 2.24) is 0 Å². The maximum Gasteiger partial charge on any atom is 0.0911 e. The predicted octanol–water partition coefficient (Wildman–Crippen LogP) is 3.83. The fourth-order valence-corrected chi connectivity index (χ4v) is 2.17. The van der Waals surface area contributed by atoms with Gasteiger partial charge in [0, 0.05) is 11.3 Å². The first-order valence-electron chi connectivity index (χ1n) is 5.73. The second-order valence-corrected chi connectivity index (χ2v) is 4.82. The van der Waals surface area contributed by atoms with Crippen LogP contribution in [0.5, 0.6) is 0 Å². The molecule has 2 aromatic rings. The summed E-state index contributed by atoms with van der Waals surface area (Å²) in [6.45, 7) is 0. The van der Waals surface area contributed by atoms with Gasteiger partial charge in [0.1, 0.15) is 0 Å². The number of benzene rings is 2. The lowest BCUT2D eigenvalue weighted by atomic mass is 10.0. The monoisotopic (exact) mass is 257 g/mol. The highest BCUT2D eigenvalue weighted by atomic mass is 32.2. The lowest BCUT2D eigenvalue weighted by molar-refractivity contribution is 0.318. The van der Waals surface area contributed by atoms with Gasteiger partial charge in [-0.25, -0.2) is 0 Å². The highest BCUT2D eigenvalue weighted by Gasteiger charge is 2.05. The SMILES string of the molecule is CSc1ccc(CC(=NO)c2ccccc2)cc1. The van der Waals surface area contributed by atoms with E-state index in [0.29, 0.717) is 12.1 Å². The Morgan fingerprint density at radius 3 is 2.28 bits per heavy atom. The molecule has 3 heteroatoms. The Morgan fingerprint density at radius 1 is 1.06 bits per heavy atom. The van der Waals surface area contributed by atoms with Gasteiger partial charge in [-0.2, -0.15) is 0 Å². The Labute approximate surface area is 111 Å². The Hall–Kier alpha value is -1.74. The van der Waals surface area contributed by atoms with E-state index in [2.05, 4.69) is 35.7 Å². The quantitative estimate of drug-likeness (QED) is 0.391. The minimum Gasteiger partial charge on any atom is -0.411 e. The van der Waals surface area contributed by atoms with E-state index in [1.165, 1.54) is 4.90 Å². The number of hydrogen-bond donors (Lipinski definition) is 1. The van der Waals surface area contributed by atoms with E-state index in [9.17, 15) is 0 Å². The average molecular weight is 257 g/mol. The van der Waals surface area contributed by atoms with E-state index >= 15 is 0 Å². The van der Waals surface area contributed by atoms with Crippen LogP contribution in [0.4, 0.5) is 0 Å². The summed E-state index contributed by atoms with van der Waals surface area (Å²) in [4.78, 5) is 1.24. The summed E-state index contributed by atoms with van der Waals surface area (Å²) in [5, 5.41) is 12.5. The van der Waals surface area contributed by atoms with E-state index in [1.807, 2.05) is 30.3 Å². The van der Waals surface area contributed by atoms with Crippen molar-refractivity contribution in [2.24, 2.45) is 5.16 Å². The van der Waals surface area contributed by atoms with Crippen molar-refractivity contribution >= 4 is 17.5 Å². The smallest absolute Gasteiger partial charge is 0.0911 e. The molecule has 0 spiro atoms. The van der Waals surface area contributed by atoms with Crippen molar-refractivity contribution in [3.63, 3.8) is 0 Å². The highest BCUT2D eigenvalue weighted by molar-refractivity contribution is 7.98. The summed E-state index contributed by atoms with van der Waals surface area (Å²) in [6, 6.07) is 18.0. The maximum atomic E-state index is 9.13. The Kier molecular flexibility index (Phi) is 4.42. The molecule has 0 aliphatic rings. The van der Waals surface area contributed by atoms with E-state index < -0.39 is 0 Å². The highest BCUT2D eigenvalue weighted by Crippen LogP contribution is 2.16. The molecule has 0 heterocycles. The molecule has 0 atom stereocenters. The van der Waals surface area contributed by atoms with Gasteiger partial charge in [-0.15, -0.1) is 11.8 Å². The third kappa shape index (κ3) is 3.14. The molecule has 0 fully saturated rings. The Bertz CT molecular complexity index is 520. The molecular weight excluding hydrogens is 242 g/mol. The zero-order chi connectivity index (χ0) is 12.8. The second kappa shape index (κ2) is 6.26. The van der Waals surface area contributed by atoms with Crippen LogP contribution in [0.2, 0.25) is 0 Å². The Balaban J connectivity index is 2.16. The zero-order valence-electron chi connectivity index (χ0n) is 10.2. The molecule has 18 heavy (non-hydrogen) atoms. The van der Waals surface area contributed by atoms with Crippen molar-refractivity contribution in [1.29, 1.82) is 0 Å². The van der Waals surface area contributed by atoms with Crippen molar-refractivity contribution in [3.05, 3.63) is 65.7 Å². The molecule has 0 unspecified atom stereocenters. The lowest BCUT2D eigenvalue weighted by Crippen LogP contribution is -2.05. The first kappa shape index (κ1) is 12.7. The summed E-state index contributed by atoms with van der Waals surface area (Å²) in [5.74, 6) is 0. The van der Waals surface area contributed by atoms with Crippen LogP contribution in [0.15, 0.2) is 64.6 Å². The van der Waals surface area contributed by atoms with Crippen molar-refractivity contribution in [2.75, 3.05) is 6.26 Å². The predicted molar refractivity (Wildman–Crippen MR) is 76.7 cm³/mol. The fraction of sp³-hybridized carbons (Fsp3) is 0.133. The van der Waals surface area contributed by atoms with E-state index in [0.717, 1.165) is 11.1 Å². The van der Waals surface area contributed by atoms with Gasteiger partial charge in [0.2, 0.25) is 0 Å². The molecule has 92 valence electrons. The van der Waals surface area contributed by atoms with Crippen LogP contribution in [-0.4, -0.2) is 17.2 Å². The minimum atomic E-state index is 0.634. The van der Waals surface area contributed by atoms with Gasteiger partial charge in [-0.3, -0.25) is 0 Å².